The molecule has 4 rings (SSSR count). The summed E-state index contributed by atoms with van der Waals surface area (Å²) in [5, 5.41) is 0. The first kappa shape index (κ1) is 16.4. The molecular formula is C19H24N2O4. The van der Waals surface area contributed by atoms with Gasteiger partial charge in [-0.2, -0.15) is 0 Å². The number of piperidine rings is 1. The van der Waals surface area contributed by atoms with E-state index in [2.05, 4.69) is 29.2 Å². The smallest absolute Gasteiger partial charge is 0.430 e. The molecule has 0 aromatic heterocycles. The number of rotatable bonds is 2. The summed E-state index contributed by atoms with van der Waals surface area (Å²) in [6.45, 7) is 5.28. The second-order valence-corrected chi connectivity index (χ2v) is 7.31. The van der Waals surface area contributed by atoms with Crippen LogP contribution < -0.4 is 0 Å². The van der Waals surface area contributed by atoms with E-state index in [0.717, 1.165) is 19.5 Å². The molecule has 2 saturated heterocycles. The molecule has 0 bridgehead atoms. The van der Waals surface area contributed by atoms with Crippen LogP contribution in [-0.4, -0.2) is 59.7 Å². The predicted octanol–water partition coefficient (Wildman–Crippen LogP) is 1.96. The molecule has 1 aromatic rings. The lowest BCUT2D eigenvalue weighted by molar-refractivity contribution is -0.140. The predicted molar refractivity (Wildman–Crippen MR) is 91.0 cm³/mol. The summed E-state index contributed by atoms with van der Waals surface area (Å²) >= 11 is 0. The minimum atomic E-state index is -0.583. The van der Waals surface area contributed by atoms with E-state index in [4.69, 9.17) is 9.47 Å². The average molecular weight is 344 g/mol. The van der Waals surface area contributed by atoms with Crippen LogP contribution >= 0.6 is 0 Å². The van der Waals surface area contributed by atoms with E-state index in [1.54, 1.807) is 0 Å². The quantitative estimate of drug-likeness (QED) is 0.768. The average Bonchev–Trinajstić information content (AvgIpc) is 3.01. The Hall–Kier alpha value is -2.08. The molecule has 25 heavy (non-hydrogen) atoms. The van der Waals surface area contributed by atoms with E-state index in [-0.39, 0.29) is 11.9 Å². The van der Waals surface area contributed by atoms with E-state index in [9.17, 15) is 9.59 Å². The van der Waals surface area contributed by atoms with Gasteiger partial charge < -0.3 is 14.4 Å². The van der Waals surface area contributed by atoms with Crippen molar-refractivity contribution in [2.75, 3.05) is 26.2 Å². The molecule has 0 saturated carbocycles. The molecule has 1 amide bonds. The van der Waals surface area contributed by atoms with E-state index >= 15 is 0 Å². The fourth-order valence-electron chi connectivity index (χ4n) is 4.08. The third kappa shape index (κ3) is 3.11. The fraction of sp³-hybridized carbons (Fsp3) is 0.579. The van der Waals surface area contributed by atoms with Gasteiger partial charge in [-0.25, -0.2) is 4.79 Å². The molecular weight excluding hydrogens is 320 g/mol. The van der Waals surface area contributed by atoms with Crippen LogP contribution in [0.5, 0.6) is 0 Å². The summed E-state index contributed by atoms with van der Waals surface area (Å²) in [5.41, 5.74) is 2.20. The van der Waals surface area contributed by atoms with Gasteiger partial charge in [0.15, 0.2) is 5.60 Å². The lowest BCUT2D eigenvalue weighted by Gasteiger charge is -2.40. The van der Waals surface area contributed by atoms with Crippen molar-refractivity contribution < 1.29 is 19.1 Å². The van der Waals surface area contributed by atoms with Gasteiger partial charge >= 0.3 is 6.16 Å². The molecule has 2 fully saturated rings. The van der Waals surface area contributed by atoms with Crippen molar-refractivity contribution in [3.63, 3.8) is 0 Å². The van der Waals surface area contributed by atoms with Crippen LogP contribution in [0.15, 0.2) is 24.3 Å². The van der Waals surface area contributed by atoms with Gasteiger partial charge in [0, 0.05) is 39.0 Å². The van der Waals surface area contributed by atoms with Crippen LogP contribution in [0, 0.1) is 0 Å². The zero-order chi connectivity index (χ0) is 17.4. The van der Waals surface area contributed by atoms with Crippen molar-refractivity contribution in [1.29, 1.82) is 0 Å². The monoisotopic (exact) mass is 344 g/mol. The normalized spacial score (nSPS) is 23.7. The number of likely N-dealkylation sites (tertiary alicyclic amines) is 1. The molecule has 0 N–H and O–H groups in total. The minimum absolute atomic E-state index is 0.134. The second-order valence-electron chi connectivity index (χ2n) is 7.31. The van der Waals surface area contributed by atoms with E-state index in [0.29, 0.717) is 32.5 Å². The molecule has 3 heterocycles. The van der Waals surface area contributed by atoms with Crippen molar-refractivity contribution in [2.24, 2.45) is 0 Å². The summed E-state index contributed by atoms with van der Waals surface area (Å²) in [5.74, 6) is 0.166. The number of carbonyl (C=O) groups is 2. The number of carbonyl (C=O) groups excluding carboxylic acids is 2. The Morgan fingerprint density at radius 1 is 1.16 bits per heavy atom. The van der Waals surface area contributed by atoms with Crippen LogP contribution in [-0.2, 0) is 27.2 Å². The highest BCUT2D eigenvalue weighted by Crippen LogP contribution is 2.32. The Morgan fingerprint density at radius 3 is 2.56 bits per heavy atom. The van der Waals surface area contributed by atoms with Crippen LogP contribution in [0.25, 0.3) is 0 Å². The highest BCUT2D eigenvalue weighted by Gasteiger charge is 2.46. The van der Waals surface area contributed by atoms with Crippen molar-refractivity contribution in [3.8, 4) is 0 Å². The number of hydrogen-bond acceptors (Lipinski definition) is 5. The Kier molecular flexibility index (Phi) is 4.15. The standard InChI is InChI=1S/C19H24N2O4/c1-14(21-9-6-15-4-2-3-5-16(15)12-21)17(22)20-10-7-19(8-11-20)13-24-18(23)25-19/h2-5,14H,6-13H2,1H3/t14-/m1/s1. The van der Waals surface area contributed by atoms with Crippen LogP contribution in [0.4, 0.5) is 4.79 Å². The zero-order valence-corrected chi connectivity index (χ0v) is 14.6. The van der Waals surface area contributed by atoms with Gasteiger partial charge in [0.25, 0.3) is 0 Å². The van der Waals surface area contributed by atoms with Gasteiger partial charge in [-0.1, -0.05) is 24.3 Å². The summed E-state index contributed by atoms with van der Waals surface area (Å²) in [6.07, 6.45) is 1.71. The molecule has 1 spiro atoms. The number of nitrogens with zero attached hydrogens (tertiary/aromatic N) is 2. The largest absolute Gasteiger partial charge is 0.509 e. The van der Waals surface area contributed by atoms with Gasteiger partial charge in [0.05, 0.1) is 6.04 Å². The van der Waals surface area contributed by atoms with Crippen molar-refractivity contribution in [3.05, 3.63) is 35.4 Å². The van der Waals surface area contributed by atoms with Crippen LogP contribution in [0.2, 0.25) is 0 Å². The number of ether oxygens (including phenoxy) is 2. The molecule has 6 nitrogen and oxygen atoms in total. The van der Waals surface area contributed by atoms with Crippen LogP contribution in [0.3, 0.4) is 0 Å². The lowest BCUT2D eigenvalue weighted by Crippen LogP contribution is -2.53. The van der Waals surface area contributed by atoms with Crippen molar-refractivity contribution in [1.82, 2.24) is 9.80 Å². The number of benzene rings is 1. The van der Waals surface area contributed by atoms with Crippen molar-refractivity contribution in [2.45, 2.75) is 44.4 Å². The molecule has 3 aliphatic rings. The molecule has 0 aliphatic carbocycles. The maximum Gasteiger partial charge on any atom is 0.509 e. The third-order valence-corrected chi connectivity index (χ3v) is 5.80. The van der Waals surface area contributed by atoms with Crippen LogP contribution in [0.1, 0.15) is 30.9 Å². The first-order chi connectivity index (χ1) is 12.1. The van der Waals surface area contributed by atoms with Gasteiger partial charge in [0.2, 0.25) is 5.91 Å². The highest BCUT2D eigenvalue weighted by atomic mass is 16.8. The number of cyclic esters (lactones) is 1. The Morgan fingerprint density at radius 2 is 1.88 bits per heavy atom. The van der Waals surface area contributed by atoms with Gasteiger partial charge in [-0.05, 0) is 24.5 Å². The zero-order valence-electron chi connectivity index (χ0n) is 14.6. The maximum absolute atomic E-state index is 12.9. The van der Waals surface area contributed by atoms with Gasteiger partial charge in [-0.3, -0.25) is 9.69 Å². The Labute approximate surface area is 147 Å². The Bertz CT molecular complexity index is 682. The SMILES string of the molecule is C[C@H](C(=O)N1CCC2(CC1)COC(=O)O2)N1CCc2ccccc2C1. The molecule has 0 unspecified atom stereocenters. The Balaban J connectivity index is 1.36. The summed E-state index contributed by atoms with van der Waals surface area (Å²) in [6, 6.07) is 8.33. The van der Waals surface area contributed by atoms with E-state index < -0.39 is 11.8 Å². The fourth-order valence-corrected chi connectivity index (χ4v) is 4.08. The molecule has 1 aromatic carbocycles. The first-order valence-electron chi connectivity index (χ1n) is 9.02. The topological polar surface area (TPSA) is 59.1 Å². The minimum Gasteiger partial charge on any atom is -0.430 e. The first-order valence-corrected chi connectivity index (χ1v) is 9.02. The third-order valence-electron chi connectivity index (χ3n) is 5.80. The molecule has 6 heteroatoms. The van der Waals surface area contributed by atoms with Crippen molar-refractivity contribution >= 4 is 12.1 Å². The van der Waals surface area contributed by atoms with Gasteiger partial charge in [-0.15, -0.1) is 0 Å². The summed E-state index contributed by atoms with van der Waals surface area (Å²) < 4.78 is 10.3. The number of hydrogen-bond donors (Lipinski definition) is 0. The number of fused-ring (bicyclic) bond motifs is 1. The molecule has 0 radical (unpaired) electrons. The molecule has 3 aliphatic heterocycles. The van der Waals surface area contributed by atoms with Gasteiger partial charge in [0.1, 0.15) is 6.61 Å². The molecule has 1 atom stereocenters. The number of amides is 1. The van der Waals surface area contributed by atoms with E-state index in [1.807, 2.05) is 11.8 Å². The summed E-state index contributed by atoms with van der Waals surface area (Å²) in [4.78, 5) is 28.3. The highest BCUT2D eigenvalue weighted by molar-refractivity contribution is 5.81. The maximum atomic E-state index is 12.9. The second kappa shape index (κ2) is 6.33. The van der Waals surface area contributed by atoms with E-state index in [1.165, 1.54) is 11.1 Å². The lowest BCUT2D eigenvalue weighted by atomic mass is 9.92. The summed E-state index contributed by atoms with van der Waals surface area (Å²) in [7, 11) is 0. The molecule has 134 valence electrons.